The number of nitrogens with zero attached hydrogens (tertiary/aromatic N) is 2. The summed E-state index contributed by atoms with van der Waals surface area (Å²) >= 11 is 0. The quantitative estimate of drug-likeness (QED) is 0.692. The summed E-state index contributed by atoms with van der Waals surface area (Å²) in [6.07, 6.45) is 0.723. The fraction of sp³-hybridized carbons (Fsp3) is 0.750. The second-order valence-corrected chi connectivity index (χ2v) is 4.42. The van der Waals surface area contributed by atoms with Gasteiger partial charge in [0.15, 0.2) is 0 Å². The van der Waals surface area contributed by atoms with Crippen molar-refractivity contribution in [2.75, 3.05) is 0 Å². The Morgan fingerprint density at radius 1 is 1.35 bits per heavy atom. The van der Waals surface area contributed by atoms with E-state index in [2.05, 4.69) is 18.9 Å². The summed E-state index contributed by atoms with van der Waals surface area (Å²) in [4.78, 5) is 0. The summed E-state index contributed by atoms with van der Waals surface area (Å²) in [6.45, 7) is 4.78. The highest BCUT2D eigenvalue weighted by atomic mass is 19.4. The number of aromatic nitrogens is 2. The molecule has 2 nitrogen and oxygen atoms in total. The van der Waals surface area contributed by atoms with E-state index in [9.17, 15) is 13.2 Å². The molecule has 17 heavy (non-hydrogen) atoms. The first kappa shape index (κ1) is 14.1. The van der Waals surface area contributed by atoms with Gasteiger partial charge in [-0.2, -0.15) is 18.3 Å². The number of unbranched alkanes of at least 4 members (excludes halogenated alkanes) is 1. The molecule has 1 unspecified atom stereocenters. The van der Waals surface area contributed by atoms with Crippen LogP contribution in [0.15, 0.2) is 12.4 Å². The van der Waals surface area contributed by atoms with Gasteiger partial charge in [0.05, 0.1) is 6.20 Å². The molecule has 0 aliphatic rings. The van der Waals surface area contributed by atoms with Gasteiger partial charge >= 0.3 is 6.18 Å². The largest absolute Gasteiger partial charge is 0.389 e. The van der Waals surface area contributed by atoms with Gasteiger partial charge in [0.25, 0.3) is 0 Å². The van der Waals surface area contributed by atoms with Crippen LogP contribution in [0.25, 0.3) is 0 Å². The average molecular weight is 248 g/mol. The number of halogens is 3. The van der Waals surface area contributed by atoms with Crippen molar-refractivity contribution < 1.29 is 13.2 Å². The molecule has 1 aromatic rings. The number of rotatable bonds is 6. The summed E-state index contributed by atoms with van der Waals surface area (Å²) in [7, 11) is 0. The molecule has 0 N–H and O–H groups in total. The van der Waals surface area contributed by atoms with Gasteiger partial charge in [-0.05, 0) is 30.7 Å². The van der Waals surface area contributed by atoms with Crippen LogP contribution >= 0.6 is 0 Å². The van der Waals surface area contributed by atoms with Gasteiger partial charge in [-0.15, -0.1) is 0 Å². The fourth-order valence-corrected chi connectivity index (χ4v) is 1.59. The van der Waals surface area contributed by atoms with Crippen molar-refractivity contribution in [1.82, 2.24) is 9.78 Å². The Bertz CT molecular complexity index is 331. The molecule has 0 aliphatic heterocycles. The Hall–Kier alpha value is -1.00. The molecule has 0 saturated heterocycles. The molecule has 5 heteroatoms. The van der Waals surface area contributed by atoms with Crippen molar-refractivity contribution >= 4 is 0 Å². The predicted octanol–water partition coefficient (Wildman–Crippen LogP) is 4.13. The van der Waals surface area contributed by atoms with Crippen LogP contribution in [0.5, 0.6) is 0 Å². The smallest absolute Gasteiger partial charge is 0.272 e. The molecule has 0 aliphatic carbocycles. The van der Waals surface area contributed by atoms with E-state index in [1.807, 2.05) is 6.20 Å². The Morgan fingerprint density at radius 2 is 2.06 bits per heavy atom. The number of alkyl halides is 3. The van der Waals surface area contributed by atoms with Gasteiger partial charge in [0.2, 0.25) is 0 Å². The predicted molar refractivity (Wildman–Crippen MR) is 60.8 cm³/mol. The number of aryl methyl sites for hydroxylation is 1. The van der Waals surface area contributed by atoms with Crippen LogP contribution in [0.2, 0.25) is 0 Å². The van der Waals surface area contributed by atoms with Crippen molar-refractivity contribution in [2.24, 2.45) is 0 Å². The topological polar surface area (TPSA) is 17.8 Å². The van der Waals surface area contributed by atoms with Crippen LogP contribution < -0.4 is 0 Å². The van der Waals surface area contributed by atoms with E-state index in [0.717, 1.165) is 12.0 Å². The highest BCUT2D eigenvalue weighted by molar-refractivity contribution is 5.09. The maximum Gasteiger partial charge on any atom is 0.389 e. The first-order valence-electron chi connectivity index (χ1n) is 6.01. The molecule has 0 radical (unpaired) electrons. The molecule has 1 heterocycles. The zero-order valence-corrected chi connectivity index (χ0v) is 10.3. The number of hydrogen-bond donors (Lipinski definition) is 0. The maximum absolute atomic E-state index is 11.9. The summed E-state index contributed by atoms with van der Waals surface area (Å²) in [5, 5.41) is 4.15. The second kappa shape index (κ2) is 6.07. The zero-order chi connectivity index (χ0) is 12.9. The van der Waals surface area contributed by atoms with Crippen molar-refractivity contribution in [1.29, 1.82) is 0 Å². The van der Waals surface area contributed by atoms with Crippen LogP contribution in [0.3, 0.4) is 0 Å². The van der Waals surface area contributed by atoms with Gasteiger partial charge < -0.3 is 0 Å². The normalized spacial score (nSPS) is 13.9. The van der Waals surface area contributed by atoms with Gasteiger partial charge in [0.1, 0.15) is 0 Å². The standard InChI is InChI=1S/C12H19F3N2/c1-3-10(2)11-8-16-17(9-11)7-5-4-6-12(13,14)15/h8-10H,3-7H2,1-2H3. The molecule has 1 aromatic heterocycles. The minimum atomic E-state index is -4.04. The molecular formula is C12H19F3N2. The molecule has 0 spiro atoms. The minimum absolute atomic E-state index is 0.169. The van der Waals surface area contributed by atoms with Crippen LogP contribution in [-0.4, -0.2) is 16.0 Å². The third kappa shape index (κ3) is 5.24. The molecule has 1 atom stereocenters. The van der Waals surface area contributed by atoms with Gasteiger partial charge in [-0.1, -0.05) is 13.8 Å². The van der Waals surface area contributed by atoms with Crippen molar-refractivity contribution in [3.63, 3.8) is 0 Å². The molecule has 0 saturated carbocycles. The molecule has 98 valence electrons. The van der Waals surface area contributed by atoms with E-state index in [1.165, 1.54) is 0 Å². The SMILES string of the molecule is CCC(C)c1cnn(CCCCC(F)(F)F)c1. The van der Waals surface area contributed by atoms with Crippen LogP contribution in [-0.2, 0) is 6.54 Å². The molecular weight excluding hydrogens is 229 g/mol. The first-order valence-corrected chi connectivity index (χ1v) is 6.01. The molecule has 0 aromatic carbocycles. The van der Waals surface area contributed by atoms with E-state index in [4.69, 9.17) is 0 Å². The van der Waals surface area contributed by atoms with Crippen LogP contribution in [0.4, 0.5) is 13.2 Å². The lowest BCUT2D eigenvalue weighted by molar-refractivity contribution is -0.135. The van der Waals surface area contributed by atoms with Gasteiger partial charge in [-0.3, -0.25) is 4.68 Å². The van der Waals surface area contributed by atoms with Gasteiger partial charge in [0, 0.05) is 19.2 Å². The zero-order valence-electron chi connectivity index (χ0n) is 10.3. The van der Waals surface area contributed by atoms with Crippen molar-refractivity contribution in [3.8, 4) is 0 Å². The highest BCUT2D eigenvalue weighted by Gasteiger charge is 2.25. The Kier molecular flexibility index (Phi) is 5.02. The molecule has 0 fully saturated rings. The third-order valence-electron chi connectivity index (χ3n) is 2.93. The maximum atomic E-state index is 11.9. The highest BCUT2D eigenvalue weighted by Crippen LogP contribution is 2.22. The fourth-order valence-electron chi connectivity index (χ4n) is 1.59. The average Bonchev–Trinajstić information content (AvgIpc) is 2.70. The molecule has 0 amide bonds. The number of hydrogen-bond acceptors (Lipinski definition) is 1. The summed E-state index contributed by atoms with van der Waals surface area (Å²) in [5.41, 5.74) is 1.16. The first-order chi connectivity index (χ1) is 7.92. The Labute approximate surface area is 99.8 Å². The third-order valence-corrected chi connectivity index (χ3v) is 2.93. The van der Waals surface area contributed by atoms with E-state index in [-0.39, 0.29) is 6.42 Å². The van der Waals surface area contributed by atoms with E-state index < -0.39 is 12.6 Å². The Morgan fingerprint density at radius 3 is 2.65 bits per heavy atom. The monoisotopic (exact) mass is 248 g/mol. The van der Waals surface area contributed by atoms with Gasteiger partial charge in [-0.25, -0.2) is 0 Å². The minimum Gasteiger partial charge on any atom is -0.272 e. The summed E-state index contributed by atoms with van der Waals surface area (Å²) in [5.74, 6) is 0.457. The molecule has 1 rings (SSSR count). The van der Waals surface area contributed by atoms with Crippen LogP contribution in [0.1, 0.15) is 51.0 Å². The van der Waals surface area contributed by atoms with E-state index in [0.29, 0.717) is 18.9 Å². The lowest BCUT2D eigenvalue weighted by atomic mass is 10.0. The summed E-state index contributed by atoms with van der Waals surface area (Å²) in [6, 6.07) is 0. The lowest BCUT2D eigenvalue weighted by Crippen LogP contribution is -2.07. The Balaban J connectivity index is 2.30. The second-order valence-electron chi connectivity index (χ2n) is 4.42. The summed E-state index contributed by atoms with van der Waals surface area (Å²) < 4.78 is 37.5. The van der Waals surface area contributed by atoms with Crippen molar-refractivity contribution in [2.45, 2.75) is 58.2 Å². The van der Waals surface area contributed by atoms with Crippen molar-refractivity contribution in [3.05, 3.63) is 18.0 Å². The van der Waals surface area contributed by atoms with Crippen LogP contribution in [0, 0.1) is 0 Å². The van der Waals surface area contributed by atoms with E-state index >= 15 is 0 Å². The van der Waals surface area contributed by atoms with E-state index in [1.54, 1.807) is 10.9 Å². The molecule has 0 bridgehead atoms. The lowest BCUT2D eigenvalue weighted by Gasteiger charge is -2.06.